The lowest BCUT2D eigenvalue weighted by Gasteiger charge is -2.17. The molecule has 0 unspecified atom stereocenters. The number of nitro groups is 2. The summed E-state index contributed by atoms with van der Waals surface area (Å²) < 4.78 is 0. The number of nitro benzene ring substituents is 2. The van der Waals surface area contributed by atoms with Crippen molar-refractivity contribution in [3.63, 3.8) is 0 Å². The molecule has 0 saturated carbocycles. The third kappa shape index (κ3) is 4.06. The summed E-state index contributed by atoms with van der Waals surface area (Å²) in [6.45, 7) is 0.759. The van der Waals surface area contributed by atoms with Gasteiger partial charge < -0.3 is 10.2 Å². The van der Waals surface area contributed by atoms with Gasteiger partial charge in [-0.25, -0.2) is 0 Å². The average Bonchev–Trinajstić information content (AvgIpc) is 3.21. The number of benzene rings is 3. The molecule has 0 radical (unpaired) electrons. The smallest absolute Gasteiger partial charge is 0.293 e. The van der Waals surface area contributed by atoms with Gasteiger partial charge in [-0.05, 0) is 29.7 Å². The fraction of sp³-hybridized carbons (Fsp3) is 0.136. The molecule has 1 aliphatic heterocycles. The Hall–Kier alpha value is -4.27. The Bertz CT molecular complexity index is 1180. The number of amides is 1. The summed E-state index contributed by atoms with van der Waals surface area (Å²) >= 11 is 0. The minimum atomic E-state index is -0.535. The Morgan fingerprint density at radius 1 is 0.968 bits per heavy atom. The summed E-state index contributed by atoms with van der Waals surface area (Å²) in [7, 11) is 0. The molecule has 1 heterocycles. The number of anilines is 2. The van der Waals surface area contributed by atoms with Gasteiger partial charge in [-0.1, -0.05) is 36.4 Å². The molecule has 3 aromatic rings. The molecule has 0 fully saturated rings. The van der Waals surface area contributed by atoms with Gasteiger partial charge in [0, 0.05) is 36.9 Å². The van der Waals surface area contributed by atoms with E-state index in [1.165, 1.54) is 35.2 Å². The Morgan fingerprint density at radius 3 is 2.45 bits per heavy atom. The summed E-state index contributed by atoms with van der Waals surface area (Å²) in [6.07, 6.45) is 0.567. The number of rotatable bonds is 6. The SMILES string of the molecule is O=C(c1ccc(NCc2ccccc2)c([N+](=O)[O-])c1)N1CCc2ccc([N+](=O)[O-])cc21. The summed E-state index contributed by atoms with van der Waals surface area (Å²) in [6, 6.07) is 18.1. The van der Waals surface area contributed by atoms with Crippen molar-refractivity contribution in [2.45, 2.75) is 13.0 Å². The molecule has 9 heteroatoms. The third-order valence-electron chi connectivity index (χ3n) is 5.19. The fourth-order valence-electron chi connectivity index (χ4n) is 3.61. The molecular weight excluding hydrogens is 400 g/mol. The Labute approximate surface area is 177 Å². The van der Waals surface area contributed by atoms with Crippen LogP contribution in [0.2, 0.25) is 0 Å². The van der Waals surface area contributed by atoms with Gasteiger partial charge in [-0.15, -0.1) is 0 Å². The lowest BCUT2D eigenvalue weighted by molar-refractivity contribution is -0.384. The van der Waals surface area contributed by atoms with Crippen molar-refractivity contribution in [1.82, 2.24) is 0 Å². The van der Waals surface area contributed by atoms with E-state index in [4.69, 9.17) is 0 Å². The largest absolute Gasteiger partial charge is 0.375 e. The van der Waals surface area contributed by atoms with Gasteiger partial charge in [-0.2, -0.15) is 0 Å². The van der Waals surface area contributed by atoms with Crippen LogP contribution < -0.4 is 10.2 Å². The highest BCUT2D eigenvalue weighted by Gasteiger charge is 2.29. The molecule has 0 bridgehead atoms. The van der Waals surface area contributed by atoms with Crippen molar-refractivity contribution in [3.05, 3.63) is 104 Å². The van der Waals surface area contributed by atoms with E-state index in [1.807, 2.05) is 30.3 Å². The van der Waals surface area contributed by atoms with E-state index < -0.39 is 15.8 Å². The van der Waals surface area contributed by atoms with Gasteiger partial charge in [0.05, 0.1) is 15.5 Å². The topological polar surface area (TPSA) is 119 Å². The number of carbonyl (C=O) groups is 1. The minimum Gasteiger partial charge on any atom is -0.375 e. The summed E-state index contributed by atoms with van der Waals surface area (Å²) in [5.74, 6) is -0.433. The standard InChI is InChI=1S/C22H18N4O5/c27-22(24-11-10-16-6-8-18(25(28)29)13-20(16)24)17-7-9-19(21(12-17)26(30)31)23-14-15-4-2-1-3-5-15/h1-9,12-13,23H,10-11,14H2. The first-order valence-electron chi connectivity index (χ1n) is 9.59. The van der Waals surface area contributed by atoms with Crippen LogP contribution >= 0.6 is 0 Å². The third-order valence-corrected chi connectivity index (χ3v) is 5.19. The number of nitrogens with one attached hydrogen (secondary N) is 1. The molecule has 0 aliphatic carbocycles. The van der Waals surface area contributed by atoms with Gasteiger partial charge in [0.1, 0.15) is 5.69 Å². The molecule has 0 saturated heterocycles. The van der Waals surface area contributed by atoms with Gasteiger partial charge in [0.25, 0.3) is 17.3 Å². The van der Waals surface area contributed by atoms with Crippen molar-refractivity contribution in [1.29, 1.82) is 0 Å². The van der Waals surface area contributed by atoms with E-state index >= 15 is 0 Å². The van der Waals surface area contributed by atoms with Crippen LogP contribution in [0.4, 0.5) is 22.7 Å². The summed E-state index contributed by atoms with van der Waals surface area (Å²) in [5.41, 5.74) is 2.40. The zero-order valence-electron chi connectivity index (χ0n) is 16.4. The molecule has 1 amide bonds. The van der Waals surface area contributed by atoms with Crippen molar-refractivity contribution in [2.24, 2.45) is 0 Å². The lowest BCUT2D eigenvalue weighted by atomic mass is 10.1. The van der Waals surface area contributed by atoms with Crippen LogP contribution in [0.3, 0.4) is 0 Å². The maximum atomic E-state index is 13.1. The van der Waals surface area contributed by atoms with Crippen molar-refractivity contribution >= 4 is 28.7 Å². The van der Waals surface area contributed by atoms with Gasteiger partial charge in [0.2, 0.25) is 0 Å². The zero-order valence-corrected chi connectivity index (χ0v) is 16.4. The van der Waals surface area contributed by atoms with E-state index in [9.17, 15) is 25.0 Å². The second kappa shape index (κ2) is 8.23. The number of fused-ring (bicyclic) bond motifs is 1. The Kier molecular flexibility index (Phi) is 5.31. The van der Waals surface area contributed by atoms with Crippen LogP contribution in [0.15, 0.2) is 66.7 Å². The fourth-order valence-corrected chi connectivity index (χ4v) is 3.61. The van der Waals surface area contributed by atoms with Crippen LogP contribution in [-0.2, 0) is 13.0 Å². The molecule has 4 rings (SSSR count). The highest BCUT2D eigenvalue weighted by Crippen LogP contribution is 2.34. The highest BCUT2D eigenvalue weighted by atomic mass is 16.6. The van der Waals surface area contributed by atoms with E-state index in [0.717, 1.165) is 11.1 Å². The maximum absolute atomic E-state index is 13.1. The number of nitrogens with zero attached hydrogens (tertiary/aromatic N) is 3. The monoisotopic (exact) mass is 418 g/mol. The number of hydrogen-bond acceptors (Lipinski definition) is 6. The summed E-state index contributed by atoms with van der Waals surface area (Å²) in [4.78, 5) is 36.2. The summed E-state index contributed by atoms with van der Waals surface area (Å²) in [5, 5.41) is 25.7. The van der Waals surface area contributed by atoms with Gasteiger partial charge in [0.15, 0.2) is 0 Å². The van der Waals surface area contributed by atoms with E-state index in [1.54, 1.807) is 6.07 Å². The molecule has 3 aromatic carbocycles. The van der Waals surface area contributed by atoms with Gasteiger partial charge in [-0.3, -0.25) is 25.0 Å². The number of carbonyl (C=O) groups excluding carboxylic acids is 1. The average molecular weight is 418 g/mol. The molecule has 1 N–H and O–H groups in total. The first kappa shape index (κ1) is 20.0. The highest BCUT2D eigenvalue weighted by molar-refractivity contribution is 6.08. The predicted octanol–water partition coefficient (Wildman–Crippen LogP) is 4.32. The lowest BCUT2D eigenvalue weighted by Crippen LogP contribution is -2.29. The van der Waals surface area contributed by atoms with Crippen molar-refractivity contribution in [3.8, 4) is 0 Å². The zero-order chi connectivity index (χ0) is 22.0. The second-order valence-electron chi connectivity index (χ2n) is 7.11. The second-order valence-corrected chi connectivity index (χ2v) is 7.11. The normalized spacial score (nSPS) is 12.3. The van der Waals surface area contributed by atoms with E-state index in [0.29, 0.717) is 30.9 Å². The molecule has 156 valence electrons. The Balaban J connectivity index is 1.60. The Morgan fingerprint density at radius 2 is 1.74 bits per heavy atom. The molecule has 9 nitrogen and oxygen atoms in total. The van der Waals surface area contributed by atoms with Crippen LogP contribution in [0.5, 0.6) is 0 Å². The quantitative estimate of drug-likeness (QED) is 0.470. The van der Waals surface area contributed by atoms with Crippen LogP contribution in [0.25, 0.3) is 0 Å². The molecule has 0 atom stereocenters. The number of non-ortho nitro benzene ring substituents is 1. The predicted molar refractivity (Wildman–Crippen MR) is 115 cm³/mol. The first-order chi connectivity index (χ1) is 14.9. The van der Waals surface area contributed by atoms with Gasteiger partial charge >= 0.3 is 0 Å². The van der Waals surface area contributed by atoms with Crippen molar-refractivity contribution in [2.75, 3.05) is 16.8 Å². The molecule has 31 heavy (non-hydrogen) atoms. The van der Waals surface area contributed by atoms with E-state index in [-0.39, 0.29) is 16.9 Å². The van der Waals surface area contributed by atoms with E-state index in [2.05, 4.69) is 5.32 Å². The van der Waals surface area contributed by atoms with Crippen LogP contribution in [0.1, 0.15) is 21.5 Å². The number of hydrogen-bond donors (Lipinski definition) is 1. The van der Waals surface area contributed by atoms with Crippen molar-refractivity contribution < 1.29 is 14.6 Å². The molecular formula is C22H18N4O5. The van der Waals surface area contributed by atoms with Crippen LogP contribution in [-0.4, -0.2) is 22.3 Å². The molecule has 0 aromatic heterocycles. The minimum absolute atomic E-state index is 0.107. The van der Waals surface area contributed by atoms with Crippen LogP contribution in [0, 0.1) is 20.2 Å². The maximum Gasteiger partial charge on any atom is 0.293 e. The molecule has 1 aliphatic rings. The first-order valence-corrected chi connectivity index (χ1v) is 9.59. The molecule has 0 spiro atoms.